The molecule has 0 unspecified atom stereocenters. The Morgan fingerprint density at radius 2 is 2.04 bits per heavy atom. The number of hydrogen-bond donors (Lipinski definition) is 1. The highest BCUT2D eigenvalue weighted by molar-refractivity contribution is 6.33. The Morgan fingerprint density at radius 1 is 1.33 bits per heavy atom. The first-order valence-corrected chi connectivity index (χ1v) is 8.09. The number of pyridine rings is 1. The average molecular weight is 348 g/mol. The van der Waals surface area contributed by atoms with Crippen LogP contribution in [0.15, 0.2) is 30.7 Å². The van der Waals surface area contributed by atoms with Crippen molar-refractivity contribution in [3.8, 4) is 0 Å². The van der Waals surface area contributed by atoms with E-state index in [9.17, 15) is 4.79 Å². The molecule has 0 radical (unpaired) electrons. The summed E-state index contributed by atoms with van der Waals surface area (Å²) in [5.41, 5.74) is 1.13. The smallest absolute Gasteiger partial charge is 0.272 e. The minimum absolute atomic E-state index is 0.175. The van der Waals surface area contributed by atoms with Gasteiger partial charge in [-0.1, -0.05) is 11.6 Å². The molecule has 24 heavy (non-hydrogen) atoms. The number of carbonyl (C=O) groups is 1. The summed E-state index contributed by atoms with van der Waals surface area (Å²) in [4.78, 5) is 27.1. The second-order valence-corrected chi connectivity index (χ2v) is 5.85. The molecule has 3 rings (SSSR count). The molecule has 1 amide bonds. The van der Waals surface area contributed by atoms with E-state index >= 15 is 0 Å². The molecule has 1 N–H and O–H groups in total. The molecule has 0 spiro atoms. The lowest BCUT2D eigenvalue weighted by Gasteiger charge is -2.27. The van der Waals surface area contributed by atoms with E-state index in [0.717, 1.165) is 5.56 Å². The van der Waals surface area contributed by atoms with Crippen LogP contribution < -0.4 is 10.2 Å². The van der Waals surface area contributed by atoms with Crippen LogP contribution in [0.2, 0.25) is 5.02 Å². The summed E-state index contributed by atoms with van der Waals surface area (Å²) in [6.07, 6.45) is 4.84. The predicted octanol–water partition coefficient (Wildman–Crippen LogP) is 1.85. The van der Waals surface area contributed by atoms with Crippen LogP contribution in [0.25, 0.3) is 0 Å². The van der Waals surface area contributed by atoms with Crippen LogP contribution in [0, 0.1) is 0 Å². The molecule has 0 saturated carbocycles. The van der Waals surface area contributed by atoms with E-state index in [2.05, 4.69) is 20.3 Å². The number of ether oxygens (including phenoxy) is 1. The number of hydrogen-bond acceptors (Lipinski definition) is 6. The minimum Gasteiger partial charge on any atom is -0.378 e. The molecule has 1 aliphatic heterocycles. The van der Waals surface area contributed by atoms with Gasteiger partial charge in [-0.25, -0.2) is 9.97 Å². The van der Waals surface area contributed by atoms with E-state index in [1.54, 1.807) is 12.4 Å². The molecule has 126 valence electrons. The van der Waals surface area contributed by atoms with E-state index in [4.69, 9.17) is 16.3 Å². The van der Waals surface area contributed by atoms with E-state index < -0.39 is 0 Å². The molecule has 3 heterocycles. The van der Waals surface area contributed by atoms with Gasteiger partial charge in [0.05, 0.1) is 30.5 Å². The van der Waals surface area contributed by atoms with Crippen molar-refractivity contribution in [2.75, 3.05) is 31.2 Å². The Balaban J connectivity index is 1.76. The topological polar surface area (TPSA) is 80.2 Å². The second kappa shape index (κ2) is 7.55. The molecule has 7 nitrogen and oxygen atoms in total. The number of nitrogens with one attached hydrogen (secondary N) is 1. The molecule has 2 aromatic heterocycles. The van der Waals surface area contributed by atoms with Gasteiger partial charge in [0.2, 0.25) is 5.95 Å². The highest BCUT2D eigenvalue weighted by Crippen LogP contribution is 2.19. The number of morpholine rings is 1. The van der Waals surface area contributed by atoms with Crippen LogP contribution in [0.5, 0.6) is 0 Å². The zero-order valence-electron chi connectivity index (χ0n) is 13.3. The number of anilines is 1. The van der Waals surface area contributed by atoms with Gasteiger partial charge >= 0.3 is 0 Å². The van der Waals surface area contributed by atoms with E-state index in [-0.39, 0.29) is 22.7 Å². The van der Waals surface area contributed by atoms with Gasteiger partial charge in [-0.3, -0.25) is 9.78 Å². The zero-order chi connectivity index (χ0) is 16.9. The Bertz CT molecular complexity index is 707. The van der Waals surface area contributed by atoms with Gasteiger partial charge in [0.25, 0.3) is 5.91 Å². The van der Waals surface area contributed by atoms with Crippen molar-refractivity contribution in [3.63, 3.8) is 0 Å². The number of aromatic nitrogens is 3. The molecule has 8 heteroatoms. The summed E-state index contributed by atoms with van der Waals surface area (Å²) in [6.45, 7) is 4.51. The molecule has 1 fully saturated rings. The van der Waals surface area contributed by atoms with Crippen LogP contribution >= 0.6 is 11.6 Å². The highest BCUT2D eigenvalue weighted by atomic mass is 35.5. The average Bonchev–Trinajstić information content (AvgIpc) is 2.63. The third kappa shape index (κ3) is 3.80. The van der Waals surface area contributed by atoms with Crippen LogP contribution in [-0.4, -0.2) is 47.2 Å². The van der Waals surface area contributed by atoms with Gasteiger partial charge in [0.1, 0.15) is 0 Å². The van der Waals surface area contributed by atoms with Crippen molar-refractivity contribution in [1.29, 1.82) is 0 Å². The van der Waals surface area contributed by atoms with E-state index in [1.807, 2.05) is 24.0 Å². The molecule has 1 aliphatic rings. The normalized spacial score (nSPS) is 15.8. The fraction of sp³-hybridized carbons (Fsp3) is 0.375. The second-order valence-electron chi connectivity index (χ2n) is 5.44. The summed E-state index contributed by atoms with van der Waals surface area (Å²) >= 11 is 6.12. The van der Waals surface area contributed by atoms with E-state index in [1.165, 1.54) is 6.20 Å². The van der Waals surface area contributed by atoms with Crippen LogP contribution in [0.1, 0.15) is 29.0 Å². The Morgan fingerprint density at radius 3 is 2.75 bits per heavy atom. The maximum absolute atomic E-state index is 12.5. The quantitative estimate of drug-likeness (QED) is 0.909. The highest BCUT2D eigenvalue weighted by Gasteiger charge is 2.20. The molecular formula is C16H18ClN5O2. The third-order valence-electron chi connectivity index (χ3n) is 3.79. The molecular weight excluding hydrogens is 330 g/mol. The van der Waals surface area contributed by atoms with Gasteiger partial charge in [-0.15, -0.1) is 0 Å². The summed E-state index contributed by atoms with van der Waals surface area (Å²) in [5.74, 6) is 0.158. The lowest BCUT2D eigenvalue weighted by atomic mass is 10.1. The molecule has 1 saturated heterocycles. The van der Waals surface area contributed by atoms with Crippen molar-refractivity contribution < 1.29 is 9.53 Å². The molecule has 2 aromatic rings. The summed E-state index contributed by atoms with van der Waals surface area (Å²) in [6, 6.07) is 3.52. The van der Waals surface area contributed by atoms with Gasteiger partial charge in [0, 0.05) is 25.5 Å². The molecule has 1 atom stereocenters. The zero-order valence-corrected chi connectivity index (χ0v) is 14.0. The van der Waals surface area contributed by atoms with E-state index in [0.29, 0.717) is 32.3 Å². The number of amides is 1. The third-order valence-corrected chi connectivity index (χ3v) is 4.07. The lowest BCUT2D eigenvalue weighted by Crippen LogP contribution is -2.38. The van der Waals surface area contributed by atoms with Crippen molar-refractivity contribution in [2.45, 2.75) is 13.0 Å². The van der Waals surface area contributed by atoms with Crippen molar-refractivity contribution in [3.05, 3.63) is 47.0 Å². The van der Waals surface area contributed by atoms with Crippen molar-refractivity contribution >= 4 is 23.5 Å². The first-order valence-electron chi connectivity index (χ1n) is 7.71. The predicted molar refractivity (Wildman–Crippen MR) is 90.2 cm³/mol. The number of carbonyl (C=O) groups excluding carboxylic acids is 1. The number of rotatable bonds is 4. The van der Waals surface area contributed by atoms with Crippen LogP contribution in [-0.2, 0) is 4.74 Å². The standard InChI is InChI=1S/C16H18ClN5O2/c1-11(12-2-4-18-5-3-12)20-15(23)14-13(17)10-19-16(21-14)22-6-8-24-9-7-22/h2-5,10-11H,6-9H2,1H3,(H,20,23)/t11-/m1/s1. The Kier molecular flexibility index (Phi) is 5.22. The van der Waals surface area contributed by atoms with Gasteiger partial charge in [-0.05, 0) is 24.6 Å². The fourth-order valence-corrected chi connectivity index (χ4v) is 2.61. The Labute approximate surface area is 145 Å². The minimum atomic E-state index is -0.332. The fourth-order valence-electron chi connectivity index (χ4n) is 2.43. The van der Waals surface area contributed by atoms with Crippen LogP contribution in [0.4, 0.5) is 5.95 Å². The SMILES string of the molecule is C[C@@H](NC(=O)c1nc(N2CCOCC2)ncc1Cl)c1ccncc1. The number of halogens is 1. The maximum atomic E-state index is 12.5. The monoisotopic (exact) mass is 347 g/mol. The summed E-state index contributed by atoms with van der Waals surface area (Å²) in [5, 5.41) is 3.13. The molecule has 0 aliphatic carbocycles. The number of nitrogens with zero attached hydrogens (tertiary/aromatic N) is 4. The first-order chi connectivity index (χ1) is 11.6. The maximum Gasteiger partial charge on any atom is 0.272 e. The Hall–Kier alpha value is -2.25. The van der Waals surface area contributed by atoms with Gasteiger partial charge in [0.15, 0.2) is 5.69 Å². The summed E-state index contributed by atoms with van der Waals surface area (Å²) < 4.78 is 5.32. The van der Waals surface area contributed by atoms with Crippen LogP contribution in [0.3, 0.4) is 0 Å². The van der Waals surface area contributed by atoms with Gasteiger partial charge in [-0.2, -0.15) is 0 Å². The molecule has 0 aromatic carbocycles. The van der Waals surface area contributed by atoms with Crippen molar-refractivity contribution in [2.24, 2.45) is 0 Å². The largest absolute Gasteiger partial charge is 0.378 e. The van der Waals surface area contributed by atoms with Crippen molar-refractivity contribution in [1.82, 2.24) is 20.3 Å². The summed E-state index contributed by atoms with van der Waals surface area (Å²) in [7, 11) is 0. The van der Waals surface area contributed by atoms with Gasteiger partial charge < -0.3 is 15.0 Å². The lowest BCUT2D eigenvalue weighted by molar-refractivity contribution is 0.0934. The molecule has 0 bridgehead atoms. The first kappa shape index (κ1) is 16.6.